The third kappa shape index (κ3) is 4.42. The van der Waals surface area contributed by atoms with E-state index in [9.17, 15) is 9.90 Å². The Kier molecular flexibility index (Phi) is 6.26. The van der Waals surface area contributed by atoms with Crippen LogP contribution in [0.2, 0.25) is 0 Å². The van der Waals surface area contributed by atoms with Crippen LogP contribution in [-0.2, 0) is 11.2 Å². The van der Waals surface area contributed by atoms with Gasteiger partial charge in [-0.1, -0.05) is 55.5 Å². The molecule has 1 heterocycles. The molecule has 1 aliphatic heterocycles. The quantitative estimate of drug-likeness (QED) is 0.712. The second-order valence-electron chi connectivity index (χ2n) is 6.60. The summed E-state index contributed by atoms with van der Waals surface area (Å²) in [5.41, 5.74) is 1.87. The Labute approximate surface area is 154 Å². The smallest absolute Gasteiger partial charge is 0.265 e. The highest BCUT2D eigenvalue weighted by atomic mass is 16.5. The number of amides is 1. The molecule has 1 aliphatic rings. The van der Waals surface area contributed by atoms with Crippen LogP contribution in [0.4, 0.5) is 0 Å². The zero-order valence-corrected chi connectivity index (χ0v) is 15.0. The van der Waals surface area contributed by atoms with Crippen molar-refractivity contribution in [3.63, 3.8) is 0 Å². The van der Waals surface area contributed by atoms with Gasteiger partial charge >= 0.3 is 0 Å². The van der Waals surface area contributed by atoms with Crippen molar-refractivity contribution < 1.29 is 14.6 Å². The fourth-order valence-electron chi connectivity index (χ4n) is 3.19. The molecule has 0 saturated carbocycles. The van der Waals surface area contributed by atoms with Crippen molar-refractivity contribution in [1.82, 2.24) is 10.6 Å². The summed E-state index contributed by atoms with van der Waals surface area (Å²) in [4.78, 5) is 12.9. The van der Waals surface area contributed by atoms with Crippen molar-refractivity contribution in [1.29, 1.82) is 0 Å². The van der Waals surface area contributed by atoms with Crippen molar-refractivity contribution in [2.75, 3.05) is 19.6 Å². The second-order valence-corrected chi connectivity index (χ2v) is 6.60. The minimum Gasteiger partial charge on any atom is -0.476 e. The van der Waals surface area contributed by atoms with E-state index >= 15 is 0 Å². The van der Waals surface area contributed by atoms with E-state index in [4.69, 9.17) is 4.74 Å². The lowest BCUT2D eigenvalue weighted by molar-refractivity contribution is -0.128. The van der Waals surface area contributed by atoms with Gasteiger partial charge in [0, 0.05) is 31.1 Å². The first kappa shape index (κ1) is 18.4. The molecule has 2 aromatic carbocycles. The normalized spacial score (nSPS) is 20.5. The van der Waals surface area contributed by atoms with E-state index in [1.54, 1.807) is 0 Å². The molecule has 0 aromatic heterocycles. The molecular weight excluding hydrogens is 328 g/mol. The van der Waals surface area contributed by atoms with Gasteiger partial charge in [-0.15, -0.1) is 0 Å². The summed E-state index contributed by atoms with van der Waals surface area (Å²) in [5, 5.41) is 16.0. The molecule has 2 aromatic rings. The van der Waals surface area contributed by atoms with E-state index in [1.165, 1.54) is 0 Å². The number of hydrogen-bond donors (Lipinski definition) is 3. The summed E-state index contributed by atoms with van der Waals surface area (Å²) >= 11 is 0. The summed E-state index contributed by atoms with van der Waals surface area (Å²) in [6.07, 6.45) is -0.318. The van der Waals surface area contributed by atoms with E-state index in [0.717, 1.165) is 23.3 Å². The van der Waals surface area contributed by atoms with Gasteiger partial charge in [-0.3, -0.25) is 4.79 Å². The van der Waals surface area contributed by atoms with Gasteiger partial charge in [-0.05, 0) is 18.1 Å². The largest absolute Gasteiger partial charge is 0.476 e. The van der Waals surface area contributed by atoms with Crippen molar-refractivity contribution in [2.45, 2.75) is 25.6 Å². The first-order valence-corrected chi connectivity index (χ1v) is 9.15. The lowest BCUT2D eigenvalue weighted by Crippen LogP contribution is -2.38. The molecule has 1 fully saturated rings. The molecule has 26 heavy (non-hydrogen) atoms. The maximum atomic E-state index is 12.9. The molecule has 0 spiro atoms. The number of rotatable bonds is 7. The number of β-amino-alcohol motifs (C(OH)–C–C–N with tert-alkyl or cyclic N) is 1. The van der Waals surface area contributed by atoms with Gasteiger partial charge in [0.25, 0.3) is 5.91 Å². The van der Waals surface area contributed by atoms with E-state index < -0.39 is 12.2 Å². The molecule has 0 radical (unpaired) electrons. The number of nitrogens with one attached hydrogen (secondary N) is 2. The van der Waals surface area contributed by atoms with Crippen LogP contribution in [0.25, 0.3) is 0 Å². The number of aryl methyl sites for hydroxylation is 1. The van der Waals surface area contributed by atoms with Gasteiger partial charge in [0.15, 0.2) is 0 Å². The van der Waals surface area contributed by atoms with E-state index in [1.807, 2.05) is 54.6 Å². The Morgan fingerprint density at radius 2 is 1.92 bits per heavy atom. The molecular formula is C21H26N2O3. The van der Waals surface area contributed by atoms with E-state index in [-0.39, 0.29) is 11.8 Å². The molecule has 5 heteroatoms. The summed E-state index contributed by atoms with van der Waals surface area (Å²) in [6.45, 7) is 3.77. The summed E-state index contributed by atoms with van der Waals surface area (Å²) in [7, 11) is 0. The number of para-hydroxylation sites is 1. The van der Waals surface area contributed by atoms with Crippen molar-refractivity contribution in [3.8, 4) is 5.75 Å². The standard InChI is InChI=1S/C21H26N2O3/c1-2-15-8-6-7-11-19(15)26-20(16-9-4-3-5-10-16)21(25)23-13-17-12-22-14-18(17)24/h3-11,17-18,20,22,24H,2,12-14H2,1H3,(H,23,25). The Hall–Kier alpha value is -2.37. The Morgan fingerprint density at radius 3 is 2.62 bits per heavy atom. The number of carbonyl (C=O) groups is 1. The van der Waals surface area contributed by atoms with Crippen LogP contribution in [0.5, 0.6) is 5.75 Å². The fraction of sp³-hybridized carbons (Fsp3) is 0.381. The van der Waals surface area contributed by atoms with E-state index in [2.05, 4.69) is 17.6 Å². The predicted octanol–water partition coefficient (Wildman–Crippen LogP) is 2.07. The van der Waals surface area contributed by atoms with E-state index in [0.29, 0.717) is 19.6 Å². The van der Waals surface area contributed by atoms with Gasteiger partial charge < -0.3 is 20.5 Å². The highest BCUT2D eigenvalue weighted by Gasteiger charge is 2.28. The highest BCUT2D eigenvalue weighted by Crippen LogP contribution is 2.26. The average molecular weight is 354 g/mol. The van der Waals surface area contributed by atoms with Crippen molar-refractivity contribution in [3.05, 3.63) is 65.7 Å². The highest BCUT2D eigenvalue weighted by molar-refractivity contribution is 5.82. The Balaban J connectivity index is 1.76. The molecule has 138 valence electrons. The monoisotopic (exact) mass is 354 g/mol. The number of hydrogen-bond acceptors (Lipinski definition) is 4. The van der Waals surface area contributed by atoms with Crippen LogP contribution in [0.15, 0.2) is 54.6 Å². The lowest BCUT2D eigenvalue weighted by Gasteiger charge is -2.22. The number of benzene rings is 2. The van der Waals surface area contributed by atoms with Gasteiger partial charge in [0.2, 0.25) is 6.10 Å². The Bertz CT molecular complexity index is 720. The fourth-order valence-corrected chi connectivity index (χ4v) is 3.19. The number of carbonyl (C=O) groups excluding carboxylic acids is 1. The van der Waals surface area contributed by atoms with Crippen LogP contribution in [0.3, 0.4) is 0 Å². The summed E-state index contributed by atoms with van der Waals surface area (Å²) in [5.74, 6) is 0.557. The second kappa shape index (κ2) is 8.83. The Morgan fingerprint density at radius 1 is 1.19 bits per heavy atom. The summed E-state index contributed by atoms with van der Waals surface area (Å²) < 4.78 is 6.14. The molecule has 1 amide bonds. The maximum absolute atomic E-state index is 12.9. The first-order chi connectivity index (χ1) is 12.7. The molecule has 5 nitrogen and oxygen atoms in total. The molecule has 3 unspecified atom stereocenters. The van der Waals surface area contributed by atoms with Gasteiger partial charge in [0.1, 0.15) is 5.75 Å². The van der Waals surface area contributed by atoms with Crippen LogP contribution < -0.4 is 15.4 Å². The third-order valence-electron chi connectivity index (χ3n) is 4.78. The van der Waals surface area contributed by atoms with Crippen molar-refractivity contribution in [2.24, 2.45) is 5.92 Å². The molecule has 3 rings (SSSR count). The molecule has 0 aliphatic carbocycles. The maximum Gasteiger partial charge on any atom is 0.265 e. The van der Waals surface area contributed by atoms with Gasteiger partial charge in [-0.25, -0.2) is 0 Å². The zero-order chi connectivity index (χ0) is 18.4. The van der Waals surface area contributed by atoms with Gasteiger partial charge in [0.05, 0.1) is 6.10 Å². The van der Waals surface area contributed by atoms with Crippen LogP contribution in [0.1, 0.15) is 24.2 Å². The number of aliphatic hydroxyl groups is 1. The number of aliphatic hydroxyl groups excluding tert-OH is 1. The average Bonchev–Trinajstić information content (AvgIpc) is 3.10. The van der Waals surface area contributed by atoms with Crippen LogP contribution >= 0.6 is 0 Å². The third-order valence-corrected chi connectivity index (χ3v) is 4.78. The van der Waals surface area contributed by atoms with Crippen LogP contribution in [-0.4, -0.2) is 36.8 Å². The first-order valence-electron chi connectivity index (χ1n) is 9.15. The molecule has 0 bridgehead atoms. The molecule has 1 saturated heterocycles. The SMILES string of the molecule is CCc1ccccc1OC(C(=O)NCC1CNCC1O)c1ccccc1. The number of ether oxygens (including phenoxy) is 1. The zero-order valence-electron chi connectivity index (χ0n) is 15.0. The molecule has 3 atom stereocenters. The topological polar surface area (TPSA) is 70.6 Å². The minimum absolute atomic E-state index is 0.0262. The molecule has 3 N–H and O–H groups in total. The van der Waals surface area contributed by atoms with Crippen molar-refractivity contribution >= 4 is 5.91 Å². The lowest BCUT2D eigenvalue weighted by atomic mass is 10.1. The van der Waals surface area contributed by atoms with Crippen LogP contribution in [0, 0.1) is 5.92 Å². The minimum atomic E-state index is -0.726. The predicted molar refractivity (Wildman–Crippen MR) is 101 cm³/mol. The van der Waals surface area contributed by atoms with Gasteiger partial charge in [-0.2, -0.15) is 0 Å². The summed E-state index contributed by atoms with van der Waals surface area (Å²) in [6, 6.07) is 17.3.